The Balaban J connectivity index is 2.26. The normalized spacial score (nSPS) is 11.1. The zero-order valence-electron chi connectivity index (χ0n) is 9.05. The van der Waals surface area contributed by atoms with Gasteiger partial charge in [-0.15, -0.1) is 0 Å². The average molecular weight is 281 g/mol. The molecule has 3 aromatic rings. The fraction of sp³-hybridized carbons (Fsp3) is 0. The molecule has 0 amide bonds. The van der Waals surface area contributed by atoms with E-state index in [-0.39, 0.29) is 5.56 Å². The maximum atomic E-state index is 13.8. The Morgan fingerprint density at radius 1 is 1.11 bits per heavy atom. The van der Waals surface area contributed by atoms with Crippen molar-refractivity contribution in [3.05, 3.63) is 52.3 Å². The minimum Gasteiger partial charge on any atom is -0.338 e. The van der Waals surface area contributed by atoms with E-state index in [4.69, 9.17) is 23.2 Å². The largest absolute Gasteiger partial charge is 0.338 e. The summed E-state index contributed by atoms with van der Waals surface area (Å²) in [6.07, 6.45) is 0. The molecule has 0 saturated heterocycles. The number of fused-ring (bicyclic) bond motifs is 1. The number of hydrogen-bond acceptors (Lipinski definition) is 1. The van der Waals surface area contributed by atoms with Crippen molar-refractivity contribution >= 4 is 34.2 Å². The molecule has 1 aromatic heterocycles. The fourth-order valence-corrected chi connectivity index (χ4v) is 2.25. The summed E-state index contributed by atoms with van der Waals surface area (Å²) >= 11 is 11.9. The van der Waals surface area contributed by atoms with Crippen molar-refractivity contribution in [1.82, 2.24) is 9.97 Å². The van der Waals surface area contributed by atoms with Gasteiger partial charge in [-0.25, -0.2) is 9.37 Å². The molecule has 0 unspecified atom stereocenters. The van der Waals surface area contributed by atoms with Gasteiger partial charge in [-0.05, 0) is 30.3 Å². The number of aromatic amines is 1. The van der Waals surface area contributed by atoms with Crippen LogP contribution in [0, 0.1) is 5.82 Å². The van der Waals surface area contributed by atoms with Crippen LogP contribution in [0.3, 0.4) is 0 Å². The van der Waals surface area contributed by atoms with Gasteiger partial charge in [-0.2, -0.15) is 0 Å². The highest BCUT2D eigenvalue weighted by molar-refractivity contribution is 6.33. The third kappa shape index (κ3) is 1.85. The summed E-state index contributed by atoms with van der Waals surface area (Å²) in [4.78, 5) is 7.32. The molecule has 0 spiro atoms. The molecule has 5 heteroatoms. The highest BCUT2D eigenvalue weighted by Gasteiger charge is 2.13. The molecule has 1 heterocycles. The van der Waals surface area contributed by atoms with Crippen LogP contribution in [-0.2, 0) is 0 Å². The number of nitrogens with one attached hydrogen (secondary N) is 1. The van der Waals surface area contributed by atoms with Crippen molar-refractivity contribution < 1.29 is 4.39 Å². The van der Waals surface area contributed by atoms with Gasteiger partial charge < -0.3 is 4.98 Å². The minimum absolute atomic E-state index is 0.270. The Hall–Kier alpha value is -1.58. The second kappa shape index (κ2) is 4.26. The summed E-state index contributed by atoms with van der Waals surface area (Å²) in [6, 6.07) is 9.77. The van der Waals surface area contributed by atoms with E-state index in [1.54, 1.807) is 30.3 Å². The molecule has 0 aliphatic rings. The quantitative estimate of drug-likeness (QED) is 0.689. The molecular formula is C13H7Cl2FN2. The Morgan fingerprint density at radius 2 is 1.94 bits per heavy atom. The number of hydrogen-bond donors (Lipinski definition) is 1. The smallest absolute Gasteiger partial charge is 0.142 e. The summed E-state index contributed by atoms with van der Waals surface area (Å²) < 4.78 is 13.8. The number of benzene rings is 2. The van der Waals surface area contributed by atoms with E-state index in [0.29, 0.717) is 21.4 Å². The second-order valence-corrected chi connectivity index (χ2v) is 4.69. The van der Waals surface area contributed by atoms with Crippen molar-refractivity contribution in [3.8, 4) is 11.4 Å². The molecule has 2 aromatic carbocycles. The lowest BCUT2D eigenvalue weighted by molar-refractivity contribution is 0.630. The number of aromatic nitrogens is 2. The van der Waals surface area contributed by atoms with Crippen molar-refractivity contribution in [1.29, 1.82) is 0 Å². The van der Waals surface area contributed by atoms with E-state index >= 15 is 0 Å². The summed E-state index contributed by atoms with van der Waals surface area (Å²) in [5, 5.41) is 0.914. The summed E-state index contributed by atoms with van der Waals surface area (Å²) in [5.41, 5.74) is 1.73. The summed E-state index contributed by atoms with van der Waals surface area (Å²) in [6.45, 7) is 0. The first-order valence-electron chi connectivity index (χ1n) is 5.25. The lowest BCUT2D eigenvalue weighted by Crippen LogP contribution is -1.87. The van der Waals surface area contributed by atoms with Gasteiger partial charge in [-0.3, -0.25) is 0 Å². The topological polar surface area (TPSA) is 28.7 Å². The van der Waals surface area contributed by atoms with Crippen LogP contribution in [0.25, 0.3) is 22.4 Å². The molecule has 0 saturated carbocycles. The number of imidazole rings is 1. The third-order valence-electron chi connectivity index (χ3n) is 2.64. The number of halogens is 3. The summed E-state index contributed by atoms with van der Waals surface area (Å²) in [5.74, 6) is -0.0111. The fourth-order valence-electron chi connectivity index (χ4n) is 1.82. The molecule has 0 radical (unpaired) electrons. The van der Waals surface area contributed by atoms with Crippen molar-refractivity contribution in [3.63, 3.8) is 0 Å². The van der Waals surface area contributed by atoms with Crippen LogP contribution in [0.5, 0.6) is 0 Å². The minimum atomic E-state index is -0.410. The molecule has 0 bridgehead atoms. The van der Waals surface area contributed by atoms with Crippen molar-refractivity contribution in [2.45, 2.75) is 0 Å². The second-order valence-electron chi connectivity index (χ2n) is 3.84. The third-order valence-corrected chi connectivity index (χ3v) is 3.19. The Bertz CT molecular complexity index is 717. The molecule has 1 N–H and O–H groups in total. The van der Waals surface area contributed by atoms with Gasteiger partial charge in [0.1, 0.15) is 11.6 Å². The predicted molar refractivity (Wildman–Crippen MR) is 71.5 cm³/mol. The molecule has 0 fully saturated rings. The van der Waals surface area contributed by atoms with Crippen LogP contribution >= 0.6 is 23.2 Å². The van der Waals surface area contributed by atoms with Crippen molar-refractivity contribution in [2.24, 2.45) is 0 Å². The lowest BCUT2D eigenvalue weighted by atomic mass is 10.2. The van der Waals surface area contributed by atoms with Gasteiger partial charge in [0.2, 0.25) is 0 Å². The van der Waals surface area contributed by atoms with E-state index in [1.165, 1.54) is 6.07 Å². The Labute approximate surface area is 112 Å². The average Bonchev–Trinajstić information content (AvgIpc) is 2.71. The Morgan fingerprint density at radius 3 is 2.72 bits per heavy atom. The molecule has 0 aliphatic carbocycles. The first-order chi connectivity index (χ1) is 8.65. The molecule has 18 heavy (non-hydrogen) atoms. The highest BCUT2D eigenvalue weighted by atomic mass is 35.5. The van der Waals surface area contributed by atoms with Crippen LogP contribution in [-0.4, -0.2) is 9.97 Å². The SMILES string of the molecule is Fc1cccc(Cl)c1-c1nc2ccc(Cl)cc2[nH]1. The van der Waals surface area contributed by atoms with E-state index in [0.717, 1.165) is 5.52 Å². The zero-order valence-corrected chi connectivity index (χ0v) is 10.6. The van der Waals surface area contributed by atoms with Gasteiger partial charge in [0.05, 0.1) is 21.6 Å². The van der Waals surface area contributed by atoms with Crippen LogP contribution in [0.2, 0.25) is 10.0 Å². The van der Waals surface area contributed by atoms with Gasteiger partial charge in [0.15, 0.2) is 0 Å². The Kier molecular flexibility index (Phi) is 2.73. The molecule has 90 valence electrons. The van der Waals surface area contributed by atoms with Crippen LogP contribution in [0.15, 0.2) is 36.4 Å². The highest BCUT2D eigenvalue weighted by Crippen LogP contribution is 2.30. The molecule has 2 nitrogen and oxygen atoms in total. The molecular weight excluding hydrogens is 274 g/mol. The number of H-pyrrole nitrogens is 1. The first-order valence-corrected chi connectivity index (χ1v) is 6.00. The van der Waals surface area contributed by atoms with Crippen LogP contribution in [0.1, 0.15) is 0 Å². The van der Waals surface area contributed by atoms with E-state index in [1.807, 2.05) is 0 Å². The van der Waals surface area contributed by atoms with E-state index < -0.39 is 5.82 Å². The maximum absolute atomic E-state index is 13.8. The van der Waals surface area contributed by atoms with Gasteiger partial charge in [0, 0.05) is 5.02 Å². The van der Waals surface area contributed by atoms with Crippen LogP contribution < -0.4 is 0 Å². The summed E-state index contributed by atoms with van der Waals surface area (Å²) in [7, 11) is 0. The lowest BCUT2D eigenvalue weighted by Gasteiger charge is -2.01. The first kappa shape index (κ1) is 11.5. The zero-order chi connectivity index (χ0) is 12.7. The number of rotatable bonds is 1. The van der Waals surface area contributed by atoms with Gasteiger partial charge in [0.25, 0.3) is 0 Å². The predicted octanol–water partition coefficient (Wildman–Crippen LogP) is 4.68. The van der Waals surface area contributed by atoms with Gasteiger partial charge in [-0.1, -0.05) is 29.3 Å². The van der Waals surface area contributed by atoms with Crippen LogP contribution in [0.4, 0.5) is 4.39 Å². The molecule has 0 aliphatic heterocycles. The van der Waals surface area contributed by atoms with Crippen molar-refractivity contribution in [2.75, 3.05) is 0 Å². The standard InChI is InChI=1S/C13H7Cl2FN2/c14-7-4-5-10-11(6-7)18-13(17-10)12-8(15)2-1-3-9(12)16/h1-6H,(H,17,18). The molecule has 3 rings (SSSR count). The molecule has 0 atom stereocenters. The van der Waals surface area contributed by atoms with Gasteiger partial charge >= 0.3 is 0 Å². The number of nitrogens with zero attached hydrogens (tertiary/aromatic N) is 1. The van der Waals surface area contributed by atoms with E-state index in [9.17, 15) is 4.39 Å². The van der Waals surface area contributed by atoms with E-state index in [2.05, 4.69) is 9.97 Å². The monoisotopic (exact) mass is 280 g/mol. The maximum Gasteiger partial charge on any atom is 0.142 e.